The summed E-state index contributed by atoms with van der Waals surface area (Å²) in [6, 6.07) is 9.68. The monoisotopic (exact) mass is 333 g/mol. The number of halogens is 1. The van der Waals surface area contributed by atoms with Crippen molar-refractivity contribution in [1.29, 1.82) is 0 Å². The van der Waals surface area contributed by atoms with Crippen molar-refractivity contribution < 1.29 is 19.4 Å². The van der Waals surface area contributed by atoms with Gasteiger partial charge in [-0.3, -0.25) is 4.79 Å². The van der Waals surface area contributed by atoms with Crippen molar-refractivity contribution in [3.05, 3.63) is 53.1 Å². The molecule has 0 fully saturated rings. The zero-order valence-electron chi connectivity index (χ0n) is 12.7. The third-order valence-corrected chi connectivity index (χ3v) is 3.28. The number of benzene rings is 2. The van der Waals surface area contributed by atoms with Crippen LogP contribution >= 0.6 is 11.6 Å². The van der Waals surface area contributed by atoms with Gasteiger partial charge in [-0.1, -0.05) is 17.7 Å². The van der Waals surface area contributed by atoms with Crippen LogP contribution in [-0.2, 0) is 4.79 Å². The standard InChI is InChI=1S/C17H16ClNO4/c1-22-15-9-11(8-14(18)17(15)23-2)6-7-16(21)19-12-4-3-5-13(20)10-12/h3-10,20H,1-2H3,(H,19,21)/b7-6+. The minimum atomic E-state index is -0.332. The van der Waals surface area contributed by atoms with E-state index in [-0.39, 0.29) is 11.7 Å². The molecule has 2 aromatic rings. The van der Waals surface area contributed by atoms with Crippen LogP contribution in [0.2, 0.25) is 5.02 Å². The first-order valence-corrected chi connectivity index (χ1v) is 7.11. The normalized spacial score (nSPS) is 10.6. The van der Waals surface area contributed by atoms with Crippen molar-refractivity contribution in [3.8, 4) is 17.2 Å². The van der Waals surface area contributed by atoms with E-state index < -0.39 is 0 Å². The molecule has 0 bridgehead atoms. The molecule has 0 aliphatic carbocycles. The summed E-state index contributed by atoms with van der Waals surface area (Å²) in [6.45, 7) is 0. The molecule has 0 aliphatic heterocycles. The second kappa shape index (κ2) is 7.56. The van der Waals surface area contributed by atoms with Gasteiger partial charge in [-0.15, -0.1) is 0 Å². The molecule has 120 valence electrons. The number of ether oxygens (including phenoxy) is 2. The summed E-state index contributed by atoms with van der Waals surface area (Å²) < 4.78 is 10.4. The fourth-order valence-electron chi connectivity index (χ4n) is 1.97. The minimum absolute atomic E-state index is 0.0819. The van der Waals surface area contributed by atoms with Gasteiger partial charge in [0.2, 0.25) is 5.91 Å². The molecule has 1 amide bonds. The van der Waals surface area contributed by atoms with E-state index in [0.29, 0.717) is 27.8 Å². The molecule has 0 saturated heterocycles. The average Bonchev–Trinajstić information content (AvgIpc) is 2.52. The highest BCUT2D eigenvalue weighted by atomic mass is 35.5. The molecule has 6 heteroatoms. The predicted octanol–water partition coefficient (Wildman–Crippen LogP) is 3.71. The fraction of sp³-hybridized carbons (Fsp3) is 0.118. The lowest BCUT2D eigenvalue weighted by molar-refractivity contribution is -0.111. The van der Waals surface area contributed by atoms with Crippen LogP contribution in [0.15, 0.2) is 42.5 Å². The van der Waals surface area contributed by atoms with Gasteiger partial charge < -0.3 is 19.9 Å². The Kier molecular flexibility index (Phi) is 5.49. The molecule has 2 aromatic carbocycles. The zero-order chi connectivity index (χ0) is 16.8. The summed E-state index contributed by atoms with van der Waals surface area (Å²) in [5, 5.41) is 12.4. The molecule has 5 nitrogen and oxygen atoms in total. The van der Waals surface area contributed by atoms with Crippen molar-refractivity contribution >= 4 is 29.3 Å². The molecule has 23 heavy (non-hydrogen) atoms. The second-order valence-electron chi connectivity index (χ2n) is 4.61. The number of aromatic hydroxyl groups is 1. The number of nitrogens with one attached hydrogen (secondary N) is 1. The molecule has 0 aromatic heterocycles. The van der Waals surface area contributed by atoms with Crippen LogP contribution in [0.3, 0.4) is 0 Å². The molecule has 0 spiro atoms. The molecular formula is C17H16ClNO4. The Hall–Kier alpha value is -2.66. The summed E-state index contributed by atoms with van der Waals surface area (Å²) in [4.78, 5) is 11.9. The van der Waals surface area contributed by atoms with Gasteiger partial charge >= 0.3 is 0 Å². The van der Waals surface area contributed by atoms with Crippen LogP contribution in [0.1, 0.15) is 5.56 Å². The molecule has 0 saturated carbocycles. The molecule has 0 radical (unpaired) electrons. The van der Waals surface area contributed by atoms with Crippen molar-refractivity contribution in [1.82, 2.24) is 0 Å². The highest BCUT2D eigenvalue weighted by molar-refractivity contribution is 6.32. The van der Waals surface area contributed by atoms with E-state index in [1.807, 2.05) is 0 Å². The number of hydrogen-bond donors (Lipinski definition) is 2. The van der Waals surface area contributed by atoms with Gasteiger partial charge in [0.25, 0.3) is 0 Å². The first-order valence-electron chi connectivity index (χ1n) is 6.73. The second-order valence-corrected chi connectivity index (χ2v) is 5.02. The van der Waals surface area contributed by atoms with Crippen LogP contribution in [0.4, 0.5) is 5.69 Å². The van der Waals surface area contributed by atoms with E-state index in [9.17, 15) is 9.90 Å². The lowest BCUT2D eigenvalue weighted by Gasteiger charge is -2.10. The summed E-state index contributed by atoms with van der Waals surface area (Å²) in [6.07, 6.45) is 2.97. The van der Waals surface area contributed by atoms with Gasteiger partial charge in [0.05, 0.1) is 19.2 Å². The molecule has 2 rings (SSSR count). The maximum atomic E-state index is 11.9. The van der Waals surface area contributed by atoms with Crippen LogP contribution in [0.5, 0.6) is 17.2 Å². The van der Waals surface area contributed by atoms with Gasteiger partial charge in [0.1, 0.15) is 5.75 Å². The number of carbonyl (C=O) groups is 1. The molecule has 0 atom stereocenters. The number of rotatable bonds is 5. The predicted molar refractivity (Wildman–Crippen MR) is 90.3 cm³/mol. The van der Waals surface area contributed by atoms with Crippen molar-refractivity contribution in [2.45, 2.75) is 0 Å². The summed E-state index contributed by atoms with van der Waals surface area (Å²) >= 11 is 6.11. The van der Waals surface area contributed by atoms with E-state index in [1.165, 1.54) is 32.4 Å². The quantitative estimate of drug-likeness (QED) is 0.818. The molecule has 0 heterocycles. The zero-order valence-corrected chi connectivity index (χ0v) is 13.4. The Morgan fingerprint density at radius 2 is 2.00 bits per heavy atom. The Labute approximate surface area is 139 Å². The highest BCUT2D eigenvalue weighted by Gasteiger charge is 2.09. The van der Waals surface area contributed by atoms with Crippen LogP contribution in [0, 0.1) is 0 Å². The Morgan fingerprint density at radius 1 is 1.22 bits per heavy atom. The van der Waals surface area contributed by atoms with Crippen LogP contribution in [0.25, 0.3) is 6.08 Å². The van der Waals surface area contributed by atoms with E-state index in [2.05, 4.69) is 5.32 Å². The number of phenolic OH excluding ortho intramolecular Hbond substituents is 1. The Bertz CT molecular complexity index is 743. The Morgan fingerprint density at radius 3 is 2.65 bits per heavy atom. The summed E-state index contributed by atoms with van der Waals surface area (Å²) in [5.41, 5.74) is 1.20. The third-order valence-electron chi connectivity index (χ3n) is 3.00. The topological polar surface area (TPSA) is 67.8 Å². The molecular weight excluding hydrogens is 318 g/mol. The number of anilines is 1. The maximum absolute atomic E-state index is 11.9. The first kappa shape index (κ1) is 16.7. The van der Waals surface area contributed by atoms with E-state index in [1.54, 1.807) is 30.3 Å². The fourth-order valence-corrected chi connectivity index (χ4v) is 2.27. The summed E-state index contributed by atoms with van der Waals surface area (Å²) in [5.74, 6) is 0.670. The highest BCUT2D eigenvalue weighted by Crippen LogP contribution is 2.36. The number of methoxy groups -OCH3 is 2. The first-order chi connectivity index (χ1) is 11.0. The lowest BCUT2D eigenvalue weighted by atomic mass is 10.2. The largest absolute Gasteiger partial charge is 0.508 e. The van der Waals surface area contributed by atoms with Gasteiger partial charge in [-0.2, -0.15) is 0 Å². The van der Waals surface area contributed by atoms with Crippen molar-refractivity contribution in [2.75, 3.05) is 19.5 Å². The maximum Gasteiger partial charge on any atom is 0.248 e. The molecule has 0 aliphatic rings. The van der Waals surface area contributed by atoms with Crippen molar-refractivity contribution in [2.24, 2.45) is 0 Å². The number of amides is 1. The Balaban J connectivity index is 2.13. The SMILES string of the molecule is COc1cc(/C=C/C(=O)Nc2cccc(O)c2)cc(Cl)c1OC. The number of phenols is 1. The van der Waals surface area contributed by atoms with Crippen LogP contribution < -0.4 is 14.8 Å². The van der Waals surface area contributed by atoms with Crippen LogP contribution in [-0.4, -0.2) is 25.2 Å². The van der Waals surface area contributed by atoms with Gasteiger partial charge in [0, 0.05) is 17.8 Å². The van der Waals surface area contributed by atoms with Gasteiger partial charge in [0.15, 0.2) is 11.5 Å². The van der Waals surface area contributed by atoms with E-state index in [4.69, 9.17) is 21.1 Å². The number of carbonyl (C=O) groups excluding carboxylic acids is 1. The van der Waals surface area contributed by atoms with Gasteiger partial charge in [-0.05, 0) is 35.9 Å². The van der Waals surface area contributed by atoms with E-state index in [0.717, 1.165) is 0 Å². The third kappa shape index (κ3) is 4.40. The van der Waals surface area contributed by atoms with E-state index >= 15 is 0 Å². The van der Waals surface area contributed by atoms with Gasteiger partial charge in [-0.25, -0.2) is 0 Å². The average molecular weight is 334 g/mol. The smallest absolute Gasteiger partial charge is 0.248 e. The number of hydrogen-bond acceptors (Lipinski definition) is 4. The summed E-state index contributed by atoms with van der Waals surface area (Å²) in [7, 11) is 3.01. The minimum Gasteiger partial charge on any atom is -0.508 e. The molecule has 0 unspecified atom stereocenters. The molecule has 2 N–H and O–H groups in total. The lowest BCUT2D eigenvalue weighted by Crippen LogP contribution is -2.07. The van der Waals surface area contributed by atoms with Crippen molar-refractivity contribution in [3.63, 3.8) is 0 Å².